The zero-order valence-electron chi connectivity index (χ0n) is 5.97. The highest BCUT2D eigenvalue weighted by Crippen LogP contribution is 2.23. The molecule has 1 rings (SSSR count). The summed E-state index contributed by atoms with van der Waals surface area (Å²) >= 11 is 1.99. The Labute approximate surface area is 66.0 Å². The average Bonchev–Trinajstić information content (AvgIpc) is 2.03. The molecule has 0 radical (unpaired) electrons. The number of rotatable bonds is 2. The van der Waals surface area contributed by atoms with Gasteiger partial charge in [-0.3, -0.25) is 0 Å². The molecule has 0 aromatic carbocycles. The Morgan fingerprint density at radius 1 is 1.60 bits per heavy atom. The van der Waals surface area contributed by atoms with Crippen LogP contribution in [0.3, 0.4) is 0 Å². The monoisotopic (exact) mass is 156 g/mol. The lowest BCUT2D eigenvalue weighted by Gasteiger charge is -2.19. The smallest absolute Gasteiger partial charge is 0.176 e. The molecule has 1 aliphatic rings. The van der Waals surface area contributed by atoms with Gasteiger partial charge in [-0.15, -0.1) is 0 Å². The molecule has 0 spiro atoms. The summed E-state index contributed by atoms with van der Waals surface area (Å²) in [7, 11) is 0. The van der Waals surface area contributed by atoms with E-state index in [0.29, 0.717) is 5.25 Å². The lowest BCUT2D eigenvalue weighted by atomic mass is 10.2. The Bertz CT molecular complexity index is 124. The minimum absolute atomic E-state index is 0.688. The first-order valence-corrected chi connectivity index (χ1v) is 4.72. The van der Waals surface area contributed by atoms with Crippen molar-refractivity contribution in [2.24, 2.45) is 0 Å². The van der Waals surface area contributed by atoms with Crippen LogP contribution in [0.25, 0.3) is 0 Å². The van der Waals surface area contributed by atoms with Gasteiger partial charge >= 0.3 is 0 Å². The van der Waals surface area contributed by atoms with Crippen molar-refractivity contribution in [1.82, 2.24) is 5.32 Å². The summed E-state index contributed by atoms with van der Waals surface area (Å²) in [6.07, 6.45) is 5.92. The third-order valence-electron chi connectivity index (χ3n) is 1.68. The first kappa shape index (κ1) is 7.74. The number of nitriles is 1. The van der Waals surface area contributed by atoms with Gasteiger partial charge in [0, 0.05) is 11.8 Å². The van der Waals surface area contributed by atoms with Crippen LogP contribution in [0.2, 0.25) is 0 Å². The van der Waals surface area contributed by atoms with E-state index in [1.807, 2.05) is 18.0 Å². The van der Waals surface area contributed by atoms with Gasteiger partial charge in [0.15, 0.2) is 6.19 Å². The van der Waals surface area contributed by atoms with Gasteiger partial charge in [0.25, 0.3) is 0 Å². The summed E-state index contributed by atoms with van der Waals surface area (Å²) in [5.74, 6) is 1.28. The molecule has 10 heavy (non-hydrogen) atoms. The summed E-state index contributed by atoms with van der Waals surface area (Å²) in [6.45, 7) is 0.862. The molecular weight excluding hydrogens is 144 g/mol. The van der Waals surface area contributed by atoms with E-state index in [0.717, 1.165) is 6.54 Å². The highest BCUT2D eigenvalue weighted by molar-refractivity contribution is 7.99. The predicted octanol–water partition coefficient (Wildman–Crippen LogP) is 1.34. The molecule has 56 valence electrons. The van der Waals surface area contributed by atoms with Gasteiger partial charge in [0.05, 0.1) is 0 Å². The van der Waals surface area contributed by atoms with Crippen LogP contribution >= 0.6 is 11.8 Å². The van der Waals surface area contributed by atoms with Crippen molar-refractivity contribution in [1.29, 1.82) is 5.26 Å². The lowest BCUT2D eigenvalue weighted by molar-refractivity contribution is 0.644. The molecule has 0 saturated carbocycles. The van der Waals surface area contributed by atoms with Crippen molar-refractivity contribution in [2.45, 2.75) is 24.5 Å². The second kappa shape index (κ2) is 4.45. The largest absolute Gasteiger partial charge is 0.323 e. The fourth-order valence-corrected chi connectivity index (χ4v) is 2.37. The molecule has 1 heterocycles. The van der Waals surface area contributed by atoms with E-state index >= 15 is 0 Å². The third kappa shape index (κ3) is 2.49. The van der Waals surface area contributed by atoms with Gasteiger partial charge in [0.2, 0.25) is 0 Å². The SMILES string of the molecule is N#CNCC1CCCCS1. The number of hydrogen-bond acceptors (Lipinski definition) is 3. The van der Waals surface area contributed by atoms with Gasteiger partial charge in [-0.1, -0.05) is 6.42 Å². The number of nitrogens with zero attached hydrogens (tertiary/aromatic N) is 1. The van der Waals surface area contributed by atoms with Crippen LogP contribution in [0, 0.1) is 11.5 Å². The molecule has 1 aliphatic heterocycles. The predicted molar refractivity (Wildman–Crippen MR) is 43.7 cm³/mol. The Kier molecular flexibility index (Phi) is 3.45. The second-order valence-corrected chi connectivity index (χ2v) is 3.89. The molecule has 0 bridgehead atoms. The Morgan fingerprint density at radius 2 is 2.50 bits per heavy atom. The molecule has 1 saturated heterocycles. The topological polar surface area (TPSA) is 35.8 Å². The highest BCUT2D eigenvalue weighted by Gasteiger charge is 2.12. The normalized spacial score (nSPS) is 25.3. The molecule has 1 unspecified atom stereocenters. The lowest BCUT2D eigenvalue weighted by Crippen LogP contribution is -2.23. The minimum Gasteiger partial charge on any atom is -0.323 e. The maximum absolute atomic E-state index is 8.23. The van der Waals surface area contributed by atoms with Gasteiger partial charge < -0.3 is 5.32 Å². The molecule has 1 atom stereocenters. The molecular formula is C7H12N2S. The molecule has 1 N–H and O–H groups in total. The fraction of sp³-hybridized carbons (Fsp3) is 0.857. The van der Waals surface area contributed by atoms with Gasteiger partial charge in [-0.05, 0) is 18.6 Å². The zero-order chi connectivity index (χ0) is 7.23. The quantitative estimate of drug-likeness (QED) is 0.484. The van der Waals surface area contributed by atoms with E-state index in [1.54, 1.807) is 0 Å². The zero-order valence-corrected chi connectivity index (χ0v) is 6.78. The molecule has 0 aromatic heterocycles. The maximum Gasteiger partial charge on any atom is 0.176 e. The van der Waals surface area contributed by atoms with E-state index in [1.165, 1.54) is 25.0 Å². The molecule has 2 nitrogen and oxygen atoms in total. The van der Waals surface area contributed by atoms with Crippen LogP contribution in [0.4, 0.5) is 0 Å². The summed E-state index contributed by atoms with van der Waals surface area (Å²) < 4.78 is 0. The van der Waals surface area contributed by atoms with Crippen molar-refractivity contribution in [3.8, 4) is 6.19 Å². The minimum atomic E-state index is 0.688. The van der Waals surface area contributed by atoms with E-state index in [9.17, 15) is 0 Å². The summed E-state index contributed by atoms with van der Waals surface area (Å²) in [6, 6.07) is 0. The second-order valence-electron chi connectivity index (χ2n) is 2.48. The standard InChI is InChI=1S/C7H12N2S/c8-6-9-5-7-3-1-2-4-10-7/h7,9H,1-5H2. The molecule has 0 aliphatic carbocycles. The van der Waals surface area contributed by atoms with Crippen LogP contribution in [-0.2, 0) is 0 Å². The Balaban J connectivity index is 2.09. The van der Waals surface area contributed by atoms with Crippen molar-refractivity contribution < 1.29 is 0 Å². The number of nitrogens with one attached hydrogen (secondary N) is 1. The first-order chi connectivity index (χ1) is 4.93. The van der Waals surface area contributed by atoms with Crippen LogP contribution in [-0.4, -0.2) is 17.5 Å². The van der Waals surface area contributed by atoms with Crippen LogP contribution in [0.5, 0.6) is 0 Å². The first-order valence-electron chi connectivity index (χ1n) is 3.67. The van der Waals surface area contributed by atoms with Gasteiger partial charge in [-0.2, -0.15) is 17.0 Å². The van der Waals surface area contributed by atoms with Gasteiger partial charge in [-0.25, -0.2) is 0 Å². The van der Waals surface area contributed by atoms with Crippen LogP contribution in [0.15, 0.2) is 0 Å². The Morgan fingerprint density at radius 3 is 3.10 bits per heavy atom. The summed E-state index contributed by atoms with van der Waals surface area (Å²) in [5, 5.41) is 11.6. The summed E-state index contributed by atoms with van der Waals surface area (Å²) in [4.78, 5) is 0. The maximum atomic E-state index is 8.23. The molecule has 0 amide bonds. The van der Waals surface area contributed by atoms with Crippen molar-refractivity contribution in [3.63, 3.8) is 0 Å². The number of thioether (sulfide) groups is 1. The van der Waals surface area contributed by atoms with Crippen LogP contribution < -0.4 is 5.32 Å². The third-order valence-corrected chi connectivity index (χ3v) is 3.08. The van der Waals surface area contributed by atoms with Crippen molar-refractivity contribution >= 4 is 11.8 Å². The molecule has 0 aromatic rings. The van der Waals surface area contributed by atoms with Crippen molar-refractivity contribution in [3.05, 3.63) is 0 Å². The average molecular weight is 156 g/mol. The van der Waals surface area contributed by atoms with E-state index < -0.39 is 0 Å². The highest BCUT2D eigenvalue weighted by atomic mass is 32.2. The van der Waals surface area contributed by atoms with E-state index in [-0.39, 0.29) is 0 Å². The fourth-order valence-electron chi connectivity index (χ4n) is 1.13. The van der Waals surface area contributed by atoms with E-state index in [2.05, 4.69) is 5.32 Å². The summed E-state index contributed by atoms with van der Waals surface area (Å²) in [5.41, 5.74) is 0. The van der Waals surface area contributed by atoms with Gasteiger partial charge in [0.1, 0.15) is 0 Å². The Hall–Kier alpha value is -0.360. The van der Waals surface area contributed by atoms with Crippen LogP contribution in [0.1, 0.15) is 19.3 Å². The molecule has 3 heteroatoms. The molecule has 1 fully saturated rings. The van der Waals surface area contributed by atoms with E-state index in [4.69, 9.17) is 5.26 Å². The number of hydrogen-bond donors (Lipinski definition) is 1. The van der Waals surface area contributed by atoms with Crippen molar-refractivity contribution in [2.75, 3.05) is 12.3 Å².